The van der Waals surface area contributed by atoms with Crippen molar-refractivity contribution in [3.05, 3.63) is 77.4 Å². The van der Waals surface area contributed by atoms with Gasteiger partial charge in [-0.2, -0.15) is 5.10 Å². The number of hydrogen-bond acceptors (Lipinski definition) is 2. The van der Waals surface area contributed by atoms with E-state index in [0.717, 1.165) is 32.7 Å². The van der Waals surface area contributed by atoms with E-state index in [4.69, 9.17) is 0 Å². The fraction of sp³-hybridized carbons (Fsp3) is 0.286. The average molecular weight is 320 g/mol. The molecule has 0 bridgehead atoms. The van der Waals surface area contributed by atoms with Crippen LogP contribution < -0.4 is 4.90 Å². The third-order valence-corrected chi connectivity index (χ3v) is 4.43. The molecule has 0 aromatic heterocycles. The standard InChI is InChI=1S/C21H25N3/c1-19-9-11-21(12-10-19)18-23-14-16-24(17-15-23)22-13-5-8-20-6-3-2-4-7-20/h2-13H,14-18H2,1H3/p+1. The molecular weight excluding hydrogens is 294 g/mol. The van der Waals surface area contributed by atoms with Gasteiger partial charge in [-0.05, 0) is 18.6 Å². The number of hydrazone groups is 1. The third kappa shape index (κ3) is 5.07. The second-order valence-electron chi connectivity index (χ2n) is 6.40. The average Bonchev–Trinajstić information content (AvgIpc) is 2.63. The van der Waals surface area contributed by atoms with Crippen LogP contribution in [-0.4, -0.2) is 37.4 Å². The first-order valence-electron chi connectivity index (χ1n) is 8.69. The van der Waals surface area contributed by atoms with Gasteiger partial charge in [0.2, 0.25) is 0 Å². The second-order valence-corrected chi connectivity index (χ2v) is 6.40. The van der Waals surface area contributed by atoms with Crippen molar-refractivity contribution >= 4 is 12.3 Å². The first-order valence-corrected chi connectivity index (χ1v) is 8.69. The monoisotopic (exact) mass is 320 g/mol. The fourth-order valence-corrected chi connectivity index (χ4v) is 2.95. The lowest BCUT2D eigenvalue weighted by Crippen LogP contribution is -3.13. The van der Waals surface area contributed by atoms with Crippen LogP contribution in [0.15, 0.2) is 65.8 Å². The molecule has 3 rings (SSSR count). The van der Waals surface area contributed by atoms with Crippen molar-refractivity contribution in [3.8, 4) is 0 Å². The predicted octanol–water partition coefficient (Wildman–Crippen LogP) is 2.39. The van der Waals surface area contributed by atoms with Gasteiger partial charge in [-0.1, -0.05) is 66.2 Å². The Hall–Kier alpha value is -2.39. The fourth-order valence-electron chi connectivity index (χ4n) is 2.95. The Morgan fingerprint density at radius 1 is 1.00 bits per heavy atom. The number of nitrogens with zero attached hydrogens (tertiary/aromatic N) is 2. The van der Waals surface area contributed by atoms with E-state index < -0.39 is 0 Å². The van der Waals surface area contributed by atoms with E-state index in [9.17, 15) is 0 Å². The van der Waals surface area contributed by atoms with E-state index in [0.29, 0.717) is 0 Å². The van der Waals surface area contributed by atoms with Crippen molar-refractivity contribution in [1.29, 1.82) is 0 Å². The van der Waals surface area contributed by atoms with Crippen LogP contribution in [0.4, 0.5) is 0 Å². The molecule has 1 aliphatic heterocycles. The minimum absolute atomic E-state index is 1.02. The lowest BCUT2D eigenvalue weighted by Gasteiger charge is -2.30. The minimum Gasteiger partial charge on any atom is -0.328 e. The number of aryl methyl sites for hydroxylation is 1. The Morgan fingerprint density at radius 3 is 2.42 bits per heavy atom. The maximum atomic E-state index is 4.56. The summed E-state index contributed by atoms with van der Waals surface area (Å²) in [7, 11) is 0. The van der Waals surface area contributed by atoms with E-state index in [2.05, 4.69) is 59.5 Å². The summed E-state index contributed by atoms with van der Waals surface area (Å²) in [5.41, 5.74) is 3.96. The molecule has 2 aromatic carbocycles. The minimum atomic E-state index is 1.02. The number of allylic oxidation sites excluding steroid dienone is 1. The smallest absolute Gasteiger partial charge is 0.103 e. The van der Waals surface area contributed by atoms with Gasteiger partial charge in [0.1, 0.15) is 6.54 Å². The number of nitrogens with one attached hydrogen (secondary N) is 1. The molecule has 3 heteroatoms. The molecular formula is C21H26N3+. The molecule has 2 aromatic rings. The van der Waals surface area contributed by atoms with Gasteiger partial charge in [0, 0.05) is 11.8 Å². The van der Waals surface area contributed by atoms with Crippen LogP contribution in [0.2, 0.25) is 0 Å². The lowest BCUT2D eigenvalue weighted by atomic mass is 10.1. The molecule has 0 atom stereocenters. The van der Waals surface area contributed by atoms with Gasteiger partial charge in [0.05, 0.1) is 26.2 Å². The number of benzene rings is 2. The Balaban J connectivity index is 1.42. The number of rotatable bonds is 5. The molecule has 0 aliphatic carbocycles. The highest BCUT2D eigenvalue weighted by atomic mass is 15.5. The zero-order chi connectivity index (χ0) is 16.6. The molecule has 0 amide bonds. The van der Waals surface area contributed by atoms with E-state index in [1.807, 2.05) is 30.5 Å². The molecule has 0 unspecified atom stereocenters. The highest BCUT2D eigenvalue weighted by molar-refractivity contribution is 5.77. The summed E-state index contributed by atoms with van der Waals surface area (Å²) in [6.07, 6.45) is 6.00. The maximum absolute atomic E-state index is 4.56. The summed E-state index contributed by atoms with van der Waals surface area (Å²) in [4.78, 5) is 1.64. The highest BCUT2D eigenvalue weighted by Gasteiger charge is 2.18. The van der Waals surface area contributed by atoms with Gasteiger partial charge in [0.25, 0.3) is 0 Å². The van der Waals surface area contributed by atoms with Crippen LogP contribution in [-0.2, 0) is 6.54 Å². The summed E-state index contributed by atoms with van der Waals surface area (Å²) in [5.74, 6) is 0. The lowest BCUT2D eigenvalue weighted by molar-refractivity contribution is -0.918. The molecule has 3 nitrogen and oxygen atoms in total. The van der Waals surface area contributed by atoms with Gasteiger partial charge in [-0.25, -0.2) is 0 Å². The Bertz CT molecular complexity index is 666. The van der Waals surface area contributed by atoms with Crippen LogP contribution in [0.25, 0.3) is 6.08 Å². The summed E-state index contributed by atoms with van der Waals surface area (Å²) < 4.78 is 0. The second kappa shape index (κ2) is 8.46. The molecule has 1 heterocycles. The van der Waals surface area contributed by atoms with Gasteiger partial charge < -0.3 is 4.90 Å². The number of quaternary nitrogens is 1. The van der Waals surface area contributed by atoms with Crippen LogP contribution in [0.3, 0.4) is 0 Å². The van der Waals surface area contributed by atoms with Crippen molar-refractivity contribution < 1.29 is 4.90 Å². The molecule has 0 saturated carbocycles. The van der Waals surface area contributed by atoms with Gasteiger partial charge in [0.15, 0.2) is 0 Å². The van der Waals surface area contributed by atoms with Crippen molar-refractivity contribution in [3.63, 3.8) is 0 Å². The maximum Gasteiger partial charge on any atom is 0.103 e. The zero-order valence-electron chi connectivity index (χ0n) is 14.4. The SMILES string of the molecule is Cc1ccc(C[NH+]2CCN(N=CC=Cc3ccccc3)CC2)cc1. The Labute approximate surface area is 144 Å². The molecule has 0 spiro atoms. The molecule has 1 aliphatic rings. The number of piperazine rings is 1. The normalized spacial score (nSPS) is 16.3. The summed E-state index contributed by atoms with van der Waals surface area (Å²) >= 11 is 0. The van der Waals surface area contributed by atoms with Crippen LogP contribution in [0.5, 0.6) is 0 Å². The molecule has 24 heavy (non-hydrogen) atoms. The van der Waals surface area contributed by atoms with E-state index in [1.54, 1.807) is 4.90 Å². The summed E-state index contributed by atoms with van der Waals surface area (Å²) in [6.45, 7) is 7.60. The number of hydrogen-bond donors (Lipinski definition) is 1. The van der Waals surface area contributed by atoms with E-state index in [-0.39, 0.29) is 0 Å². The third-order valence-electron chi connectivity index (χ3n) is 4.43. The van der Waals surface area contributed by atoms with Crippen LogP contribution in [0, 0.1) is 6.92 Å². The molecule has 0 radical (unpaired) electrons. The molecule has 1 N–H and O–H groups in total. The van der Waals surface area contributed by atoms with E-state index in [1.165, 1.54) is 16.7 Å². The predicted molar refractivity (Wildman–Crippen MR) is 101 cm³/mol. The van der Waals surface area contributed by atoms with Crippen LogP contribution >= 0.6 is 0 Å². The summed E-state index contributed by atoms with van der Waals surface area (Å²) in [5, 5.41) is 6.73. The van der Waals surface area contributed by atoms with Crippen molar-refractivity contribution in [1.82, 2.24) is 5.01 Å². The zero-order valence-corrected chi connectivity index (χ0v) is 14.4. The van der Waals surface area contributed by atoms with Crippen LogP contribution in [0.1, 0.15) is 16.7 Å². The summed E-state index contributed by atoms with van der Waals surface area (Å²) in [6, 6.07) is 19.2. The molecule has 1 fully saturated rings. The van der Waals surface area contributed by atoms with Gasteiger partial charge in [-0.3, -0.25) is 5.01 Å². The van der Waals surface area contributed by atoms with E-state index >= 15 is 0 Å². The Morgan fingerprint density at radius 2 is 1.71 bits per heavy atom. The first kappa shape index (κ1) is 16.5. The first-order chi connectivity index (χ1) is 11.8. The van der Waals surface area contributed by atoms with Gasteiger partial charge >= 0.3 is 0 Å². The van der Waals surface area contributed by atoms with Gasteiger partial charge in [-0.15, -0.1) is 0 Å². The molecule has 124 valence electrons. The Kier molecular flexibility index (Phi) is 5.80. The largest absolute Gasteiger partial charge is 0.328 e. The highest BCUT2D eigenvalue weighted by Crippen LogP contribution is 2.02. The van der Waals surface area contributed by atoms with Crippen molar-refractivity contribution in [2.24, 2.45) is 5.10 Å². The van der Waals surface area contributed by atoms with Crippen molar-refractivity contribution in [2.45, 2.75) is 13.5 Å². The molecule has 1 saturated heterocycles. The topological polar surface area (TPSA) is 20.0 Å². The quantitative estimate of drug-likeness (QED) is 0.839. The van der Waals surface area contributed by atoms with Crippen molar-refractivity contribution in [2.75, 3.05) is 26.2 Å².